The van der Waals surface area contributed by atoms with Crippen molar-refractivity contribution in [3.8, 4) is 39.1 Å². The molecule has 10 aromatic rings. The minimum absolute atomic E-state index is 0.0195. The van der Waals surface area contributed by atoms with Crippen LogP contribution in [0.15, 0.2) is 133 Å². The number of hydrogen-bond donors (Lipinski definition) is 0. The van der Waals surface area contributed by atoms with E-state index in [4.69, 9.17) is 0 Å². The summed E-state index contributed by atoms with van der Waals surface area (Å²) in [6.07, 6.45) is 0. The Labute approximate surface area is 418 Å². The Morgan fingerprint density at radius 1 is 0.471 bits per heavy atom. The van der Waals surface area contributed by atoms with Crippen molar-refractivity contribution in [3.05, 3.63) is 172 Å². The SMILES string of the molecule is CC(C)(C)c1ccc(N2B3c4cc5c(cc4-n4c6ccc(C(C)(C)C)cc6c6c7c(c(c3c64)-c3cc4c(cc32)-c2cc(C(C)(C)C)ccc2C4(C)C)C(C)(C)c2ccccc2-7)sc2ccccc25)cc1. The quantitative estimate of drug-likeness (QED) is 0.149. The third kappa shape index (κ3) is 5.36. The first-order chi connectivity index (χ1) is 33.1. The molecule has 344 valence electrons. The highest BCUT2D eigenvalue weighted by atomic mass is 32.1. The zero-order valence-corrected chi connectivity index (χ0v) is 43.9. The Balaban J connectivity index is 1.22. The third-order valence-electron chi connectivity index (χ3n) is 17.4. The van der Waals surface area contributed by atoms with Gasteiger partial charge in [-0.05, 0) is 142 Å². The van der Waals surface area contributed by atoms with E-state index in [9.17, 15) is 0 Å². The van der Waals surface area contributed by atoms with Crippen LogP contribution in [0.2, 0.25) is 0 Å². The van der Waals surface area contributed by atoms with Crippen LogP contribution in [0, 0.1) is 0 Å². The molecule has 0 saturated heterocycles. The van der Waals surface area contributed by atoms with Gasteiger partial charge in [0.05, 0.1) is 11.0 Å². The van der Waals surface area contributed by atoms with Crippen LogP contribution in [0.1, 0.15) is 129 Å². The smallest absolute Gasteiger partial charge is 0.333 e. The van der Waals surface area contributed by atoms with Crippen LogP contribution in [-0.4, -0.2) is 11.4 Å². The van der Waals surface area contributed by atoms with Gasteiger partial charge in [0, 0.05) is 64.4 Å². The predicted molar refractivity (Wildman–Crippen MR) is 304 cm³/mol. The molecule has 0 amide bonds. The van der Waals surface area contributed by atoms with Gasteiger partial charge in [0.15, 0.2) is 0 Å². The van der Waals surface area contributed by atoms with Gasteiger partial charge in [-0.15, -0.1) is 11.3 Å². The molecule has 0 spiro atoms. The fourth-order valence-corrected chi connectivity index (χ4v) is 14.8. The third-order valence-corrected chi connectivity index (χ3v) is 18.5. The van der Waals surface area contributed by atoms with Gasteiger partial charge in [0.2, 0.25) is 0 Å². The lowest BCUT2D eigenvalue weighted by Crippen LogP contribution is -2.61. The Morgan fingerprint density at radius 2 is 1.11 bits per heavy atom. The van der Waals surface area contributed by atoms with E-state index in [0.29, 0.717) is 0 Å². The first-order valence-corrected chi connectivity index (χ1v) is 26.4. The van der Waals surface area contributed by atoms with Gasteiger partial charge < -0.3 is 9.38 Å². The number of benzene rings is 8. The molecule has 70 heavy (non-hydrogen) atoms. The molecule has 0 atom stereocenters. The first-order valence-electron chi connectivity index (χ1n) is 25.6. The summed E-state index contributed by atoms with van der Waals surface area (Å²) in [6.45, 7) is 31.0. The molecule has 0 saturated carbocycles. The van der Waals surface area contributed by atoms with Gasteiger partial charge in [-0.2, -0.15) is 0 Å². The zero-order chi connectivity index (χ0) is 48.5. The Bertz CT molecular complexity index is 4000. The van der Waals surface area contributed by atoms with E-state index in [-0.39, 0.29) is 33.9 Å². The second-order valence-electron chi connectivity index (χ2n) is 25.4. The summed E-state index contributed by atoms with van der Waals surface area (Å²) in [6, 6.07) is 53.3. The number of rotatable bonds is 1. The van der Waals surface area contributed by atoms with E-state index in [0.717, 1.165) is 0 Å². The average molecular weight is 925 g/mol. The highest BCUT2D eigenvalue weighted by Crippen LogP contribution is 2.61. The normalized spacial score (nSPS) is 16.0. The Morgan fingerprint density at radius 3 is 1.86 bits per heavy atom. The van der Waals surface area contributed by atoms with E-state index in [1.54, 1.807) is 0 Å². The minimum atomic E-state index is -0.271. The van der Waals surface area contributed by atoms with Crippen molar-refractivity contribution in [1.29, 1.82) is 0 Å². The standard InChI is InChI=1S/C66H61BN2S/c1-62(2,3)36-22-26-39(27-23-36)69-52-34-43-42-30-37(63(4,5)6)24-28-48(42)65(10,11)49(43)32-46(52)58-59-56(41-19-14-16-20-47(41)66(59,12)13)57-45-31-38(64(7,8)9)25-29-51(45)68-53-35-55-44(40-18-15-17-21-54(40)70-55)33-50(53)67(69)60(58)61(57)68/h14-35H,1-13H3. The maximum absolute atomic E-state index is 2.78. The summed E-state index contributed by atoms with van der Waals surface area (Å²) in [4.78, 5) is 2.78. The fourth-order valence-electron chi connectivity index (χ4n) is 13.7. The number of thiophene rings is 1. The number of fused-ring (bicyclic) bond motifs is 19. The van der Waals surface area contributed by atoms with Crippen LogP contribution in [0.5, 0.6) is 0 Å². The molecule has 0 fully saturated rings. The van der Waals surface area contributed by atoms with Crippen molar-refractivity contribution < 1.29 is 0 Å². The lowest BCUT2D eigenvalue weighted by molar-refractivity contribution is 0.589. The average Bonchev–Trinajstić information content (AvgIpc) is 3.99. The summed E-state index contributed by atoms with van der Waals surface area (Å²) in [5.74, 6) is 0. The van der Waals surface area contributed by atoms with Gasteiger partial charge in [-0.25, -0.2) is 0 Å². The summed E-state index contributed by atoms with van der Waals surface area (Å²) in [7, 11) is 0. The van der Waals surface area contributed by atoms with Crippen LogP contribution in [0.25, 0.3) is 81.0 Å². The number of anilines is 2. The molecule has 0 N–H and O–H groups in total. The summed E-state index contributed by atoms with van der Waals surface area (Å²) in [5.41, 5.74) is 26.9. The van der Waals surface area contributed by atoms with Crippen molar-refractivity contribution >= 4 is 82.5 Å². The number of nitrogens with zero attached hydrogens (tertiary/aromatic N) is 2. The maximum atomic E-state index is 2.78. The minimum Gasteiger partial charge on any atom is -0.376 e. The van der Waals surface area contributed by atoms with Crippen molar-refractivity contribution in [2.75, 3.05) is 4.81 Å². The molecular formula is C66H61BN2S. The van der Waals surface area contributed by atoms with Crippen molar-refractivity contribution in [2.24, 2.45) is 0 Å². The molecule has 4 aliphatic rings. The van der Waals surface area contributed by atoms with Gasteiger partial charge >= 0.3 is 6.85 Å². The topological polar surface area (TPSA) is 8.17 Å². The van der Waals surface area contributed by atoms with Crippen molar-refractivity contribution in [2.45, 2.75) is 117 Å². The molecule has 0 bridgehead atoms. The van der Waals surface area contributed by atoms with Crippen molar-refractivity contribution in [1.82, 2.24) is 4.57 Å². The molecule has 2 aliphatic carbocycles. The first kappa shape index (κ1) is 42.5. The zero-order valence-electron chi connectivity index (χ0n) is 43.1. The highest BCUT2D eigenvalue weighted by molar-refractivity contribution is 7.26. The molecule has 8 aromatic carbocycles. The molecule has 2 aliphatic heterocycles. The summed E-state index contributed by atoms with van der Waals surface area (Å²) < 4.78 is 5.39. The monoisotopic (exact) mass is 924 g/mol. The Hall–Kier alpha value is -6.36. The molecule has 4 heterocycles. The van der Waals surface area contributed by atoms with Crippen LogP contribution in [0.4, 0.5) is 11.4 Å². The predicted octanol–water partition coefficient (Wildman–Crippen LogP) is 16.9. The largest absolute Gasteiger partial charge is 0.376 e. The van der Waals surface area contributed by atoms with Crippen LogP contribution >= 0.6 is 11.3 Å². The highest BCUT2D eigenvalue weighted by Gasteiger charge is 2.51. The summed E-state index contributed by atoms with van der Waals surface area (Å²) in [5, 5.41) is 5.43. The van der Waals surface area contributed by atoms with Crippen LogP contribution < -0.4 is 15.7 Å². The van der Waals surface area contributed by atoms with Gasteiger partial charge in [0.25, 0.3) is 0 Å². The molecular weight excluding hydrogens is 864 g/mol. The van der Waals surface area contributed by atoms with Gasteiger partial charge in [0.1, 0.15) is 0 Å². The van der Waals surface area contributed by atoms with Crippen molar-refractivity contribution in [3.63, 3.8) is 0 Å². The second-order valence-corrected chi connectivity index (χ2v) is 26.5. The Kier molecular flexibility index (Phi) is 8.10. The molecule has 2 aromatic heterocycles. The van der Waals surface area contributed by atoms with Crippen LogP contribution in [-0.2, 0) is 27.1 Å². The van der Waals surface area contributed by atoms with E-state index >= 15 is 0 Å². The van der Waals surface area contributed by atoms with Gasteiger partial charge in [-0.3, -0.25) is 0 Å². The maximum Gasteiger partial charge on any atom is 0.333 e. The molecule has 0 unspecified atom stereocenters. The van der Waals surface area contributed by atoms with Gasteiger partial charge in [-0.1, -0.05) is 175 Å². The lowest BCUT2D eigenvalue weighted by atomic mass is 9.43. The van der Waals surface area contributed by atoms with E-state index in [1.165, 1.54) is 142 Å². The molecule has 4 heteroatoms. The molecule has 2 nitrogen and oxygen atoms in total. The van der Waals surface area contributed by atoms with E-state index in [1.807, 2.05) is 11.3 Å². The fraction of sp³-hybridized carbons (Fsp3) is 0.273. The molecule has 0 radical (unpaired) electrons. The van der Waals surface area contributed by atoms with E-state index in [2.05, 4.69) is 233 Å². The second kappa shape index (κ2) is 13.3. The number of hydrogen-bond acceptors (Lipinski definition) is 2. The van der Waals surface area contributed by atoms with Crippen LogP contribution in [0.3, 0.4) is 0 Å². The number of aromatic nitrogens is 1. The summed E-state index contributed by atoms with van der Waals surface area (Å²) >= 11 is 1.93. The lowest BCUT2D eigenvalue weighted by Gasteiger charge is -2.44. The molecule has 14 rings (SSSR count). The van der Waals surface area contributed by atoms with E-state index < -0.39 is 0 Å².